The van der Waals surface area contributed by atoms with Crippen molar-refractivity contribution >= 4 is 11.6 Å². The van der Waals surface area contributed by atoms with Gasteiger partial charge >= 0.3 is 0 Å². The van der Waals surface area contributed by atoms with Gasteiger partial charge in [0, 0.05) is 13.1 Å². The van der Waals surface area contributed by atoms with Gasteiger partial charge in [-0.15, -0.1) is 0 Å². The maximum atomic E-state index is 13.1. The van der Waals surface area contributed by atoms with Gasteiger partial charge in [0.2, 0.25) is 0 Å². The number of benzene rings is 2. The third kappa shape index (κ3) is 4.55. The quantitative estimate of drug-likeness (QED) is 0.832. The Kier molecular flexibility index (Phi) is 5.02. The van der Waals surface area contributed by atoms with E-state index in [0.717, 1.165) is 12.1 Å². The predicted molar refractivity (Wildman–Crippen MR) is 87.1 cm³/mol. The Morgan fingerprint density at radius 1 is 0.952 bits per heavy atom. The maximum absolute atomic E-state index is 13.1. The molecule has 1 nitrogen and oxygen atoms in total. The van der Waals surface area contributed by atoms with Gasteiger partial charge in [-0.25, -0.2) is 4.39 Å². The fourth-order valence-corrected chi connectivity index (χ4v) is 2.33. The number of hydrogen-bond donors (Lipinski definition) is 1. The van der Waals surface area contributed by atoms with Crippen molar-refractivity contribution < 1.29 is 4.39 Å². The van der Waals surface area contributed by atoms with Crippen LogP contribution in [0.5, 0.6) is 0 Å². The lowest BCUT2D eigenvalue weighted by Gasteiger charge is -2.19. The normalized spacial score (nSPS) is 11.7. The zero-order valence-electron chi connectivity index (χ0n) is 12.7. The summed E-state index contributed by atoms with van der Waals surface area (Å²) in [5, 5.41) is 3.51. The van der Waals surface area contributed by atoms with Crippen molar-refractivity contribution in [2.45, 2.75) is 39.3 Å². The summed E-state index contributed by atoms with van der Waals surface area (Å²) in [6, 6.07) is 13.4. The molecule has 0 spiro atoms. The standard InChI is InChI=1S/C18H21ClFN/c1-18(2,3)15-7-4-13(5-8-15)11-21-12-14-6-9-17(20)16(19)10-14/h4-10,21H,11-12H2,1-3H3. The summed E-state index contributed by atoms with van der Waals surface area (Å²) in [6.45, 7) is 8.07. The molecule has 0 radical (unpaired) electrons. The van der Waals surface area contributed by atoms with Crippen LogP contribution in [-0.4, -0.2) is 0 Å². The average molecular weight is 306 g/mol. The van der Waals surface area contributed by atoms with E-state index < -0.39 is 0 Å². The van der Waals surface area contributed by atoms with E-state index in [1.165, 1.54) is 17.2 Å². The molecular formula is C18H21ClFN. The Labute approximate surface area is 131 Å². The smallest absolute Gasteiger partial charge is 0.141 e. The first-order chi connectivity index (χ1) is 9.86. The van der Waals surface area contributed by atoms with Gasteiger partial charge < -0.3 is 5.32 Å². The molecule has 2 aromatic rings. The van der Waals surface area contributed by atoms with Crippen molar-refractivity contribution in [3.8, 4) is 0 Å². The molecule has 0 aliphatic rings. The summed E-state index contributed by atoms with van der Waals surface area (Å²) in [5.41, 5.74) is 3.72. The Balaban J connectivity index is 1.90. The van der Waals surface area contributed by atoms with Gasteiger partial charge in [-0.05, 0) is 34.2 Å². The van der Waals surface area contributed by atoms with Gasteiger partial charge in [0.25, 0.3) is 0 Å². The fourth-order valence-electron chi connectivity index (χ4n) is 2.12. The van der Waals surface area contributed by atoms with E-state index in [1.807, 2.05) is 0 Å². The minimum absolute atomic E-state index is 0.170. The summed E-state index contributed by atoms with van der Waals surface area (Å²) in [5.74, 6) is -0.377. The van der Waals surface area contributed by atoms with Crippen LogP contribution in [0.4, 0.5) is 4.39 Å². The van der Waals surface area contributed by atoms with Crippen LogP contribution in [0.25, 0.3) is 0 Å². The van der Waals surface area contributed by atoms with Gasteiger partial charge in [-0.3, -0.25) is 0 Å². The SMILES string of the molecule is CC(C)(C)c1ccc(CNCc2ccc(F)c(Cl)c2)cc1. The van der Waals surface area contributed by atoms with E-state index in [2.05, 4.69) is 50.4 Å². The second kappa shape index (κ2) is 6.59. The lowest BCUT2D eigenvalue weighted by molar-refractivity contribution is 0.589. The number of rotatable bonds is 4. The third-order valence-corrected chi connectivity index (χ3v) is 3.75. The Morgan fingerprint density at radius 2 is 1.52 bits per heavy atom. The maximum Gasteiger partial charge on any atom is 0.141 e. The lowest BCUT2D eigenvalue weighted by atomic mass is 9.87. The summed E-state index contributed by atoms with van der Waals surface area (Å²) in [6.07, 6.45) is 0. The second-order valence-electron chi connectivity index (χ2n) is 6.30. The van der Waals surface area contributed by atoms with Crippen LogP contribution in [0.15, 0.2) is 42.5 Å². The Hall–Kier alpha value is -1.38. The molecule has 0 unspecified atom stereocenters. The van der Waals surface area contributed by atoms with Crippen molar-refractivity contribution in [1.82, 2.24) is 5.32 Å². The van der Waals surface area contributed by atoms with Gasteiger partial charge in [-0.1, -0.05) is 62.7 Å². The highest BCUT2D eigenvalue weighted by molar-refractivity contribution is 6.30. The lowest BCUT2D eigenvalue weighted by Crippen LogP contribution is -2.14. The van der Waals surface area contributed by atoms with E-state index in [-0.39, 0.29) is 16.3 Å². The molecule has 0 saturated carbocycles. The highest BCUT2D eigenvalue weighted by atomic mass is 35.5. The molecule has 0 bridgehead atoms. The fraction of sp³-hybridized carbons (Fsp3) is 0.333. The molecular weight excluding hydrogens is 285 g/mol. The topological polar surface area (TPSA) is 12.0 Å². The first kappa shape index (κ1) is 16.0. The van der Waals surface area contributed by atoms with Crippen LogP contribution in [0.2, 0.25) is 5.02 Å². The molecule has 21 heavy (non-hydrogen) atoms. The van der Waals surface area contributed by atoms with Gasteiger partial charge in [0.05, 0.1) is 5.02 Å². The van der Waals surface area contributed by atoms with E-state index in [0.29, 0.717) is 6.54 Å². The number of halogens is 2. The minimum atomic E-state index is -0.377. The summed E-state index contributed by atoms with van der Waals surface area (Å²) in [4.78, 5) is 0. The highest BCUT2D eigenvalue weighted by Crippen LogP contribution is 2.22. The summed E-state index contributed by atoms with van der Waals surface area (Å²) in [7, 11) is 0. The molecule has 3 heteroatoms. The molecule has 2 rings (SSSR count). The van der Waals surface area contributed by atoms with Gasteiger partial charge in [-0.2, -0.15) is 0 Å². The number of nitrogens with one attached hydrogen (secondary N) is 1. The van der Waals surface area contributed by atoms with Crippen LogP contribution in [0, 0.1) is 5.82 Å². The van der Waals surface area contributed by atoms with Crippen LogP contribution < -0.4 is 5.32 Å². The van der Waals surface area contributed by atoms with E-state index in [9.17, 15) is 4.39 Å². The van der Waals surface area contributed by atoms with E-state index in [4.69, 9.17) is 11.6 Å². The second-order valence-corrected chi connectivity index (χ2v) is 6.71. The van der Waals surface area contributed by atoms with Crippen LogP contribution in [-0.2, 0) is 18.5 Å². The molecule has 0 aromatic heterocycles. The molecule has 0 aliphatic carbocycles. The van der Waals surface area contributed by atoms with Crippen LogP contribution in [0.1, 0.15) is 37.5 Å². The van der Waals surface area contributed by atoms with Crippen molar-refractivity contribution in [3.05, 3.63) is 70.0 Å². The first-order valence-corrected chi connectivity index (χ1v) is 7.48. The molecule has 0 heterocycles. The molecule has 0 saturated heterocycles. The molecule has 0 amide bonds. The predicted octanol–water partition coefficient (Wildman–Crippen LogP) is 5.07. The van der Waals surface area contributed by atoms with Gasteiger partial charge in [0.15, 0.2) is 0 Å². The molecule has 0 fully saturated rings. The van der Waals surface area contributed by atoms with E-state index >= 15 is 0 Å². The Bertz CT molecular complexity index is 600. The molecule has 0 atom stereocenters. The zero-order valence-corrected chi connectivity index (χ0v) is 13.5. The van der Waals surface area contributed by atoms with E-state index in [1.54, 1.807) is 12.1 Å². The largest absolute Gasteiger partial charge is 0.309 e. The average Bonchev–Trinajstić information content (AvgIpc) is 2.42. The zero-order chi connectivity index (χ0) is 15.5. The monoisotopic (exact) mass is 305 g/mol. The van der Waals surface area contributed by atoms with Crippen molar-refractivity contribution in [2.24, 2.45) is 0 Å². The molecule has 1 N–H and O–H groups in total. The molecule has 0 aliphatic heterocycles. The summed E-state index contributed by atoms with van der Waals surface area (Å²) < 4.78 is 13.1. The van der Waals surface area contributed by atoms with Crippen molar-refractivity contribution in [1.29, 1.82) is 0 Å². The third-order valence-electron chi connectivity index (χ3n) is 3.46. The molecule has 112 valence electrons. The molecule has 2 aromatic carbocycles. The van der Waals surface area contributed by atoms with Crippen molar-refractivity contribution in [2.75, 3.05) is 0 Å². The summed E-state index contributed by atoms with van der Waals surface area (Å²) >= 11 is 5.77. The first-order valence-electron chi connectivity index (χ1n) is 7.10. The highest BCUT2D eigenvalue weighted by Gasteiger charge is 2.12. The van der Waals surface area contributed by atoms with Crippen molar-refractivity contribution in [3.63, 3.8) is 0 Å². The van der Waals surface area contributed by atoms with Crippen LogP contribution >= 0.6 is 11.6 Å². The number of hydrogen-bond acceptors (Lipinski definition) is 1. The van der Waals surface area contributed by atoms with Crippen LogP contribution in [0.3, 0.4) is 0 Å². The van der Waals surface area contributed by atoms with Gasteiger partial charge in [0.1, 0.15) is 5.82 Å². The Morgan fingerprint density at radius 3 is 2.10 bits per heavy atom. The minimum Gasteiger partial charge on any atom is -0.309 e.